The lowest BCUT2D eigenvalue weighted by Gasteiger charge is -2.30. The molecule has 1 aliphatic heterocycles. The van der Waals surface area contributed by atoms with Gasteiger partial charge < -0.3 is 9.47 Å². The summed E-state index contributed by atoms with van der Waals surface area (Å²) in [4.78, 5) is 11.8. The quantitative estimate of drug-likeness (QED) is 0.766. The lowest BCUT2D eigenvalue weighted by molar-refractivity contribution is -0.140. The molecule has 8 heteroatoms. The van der Waals surface area contributed by atoms with Gasteiger partial charge in [-0.2, -0.15) is 4.31 Å². The third-order valence-corrected chi connectivity index (χ3v) is 6.23. The molecule has 1 fully saturated rings. The summed E-state index contributed by atoms with van der Waals surface area (Å²) in [5.74, 6) is 0.764. The fraction of sp³-hybridized carbons (Fsp3) is 0.462. The van der Waals surface area contributed by atoms with E-state index in [2.05, 4.69) is 4.74 Å². The summed E-state index contributed by atoms with van der Waals surface area (Å²) in [7, 11) is -0.779. The summed E-state index contributed by atoms with van der Waals surface area (Å²) >= 11 is 1.42. The predicted octanol–water partition coefficient (Wildman–Crippen LogP) is 0.974. The number of nitrogens with zero attached hydrogens (tertiary/aromatic N) is 1. The third-order valence-electron chi connectivity index (χ3n) is 3.19. The van der Waals surface area contributed by atoms with Crippen LogP contribution in [0.4, 0.5) is 0 Å². The first-order valence-electron chi connectivity index (χ1n) is 6.32. The molecular weight excluding hydrogens is 314 g/mol. The van der Waals surface area contributed by atoms with E-state index in [1.165, 1.54) is 42.4 Å². The number of methoxy groups -OCH3 is 2. The number of carbonyl (C=O) groups excluding carboxylic acids is 1. The fourth-order valence-corrected chi connectivity index (χ4v) is 4.81. The first kappa shape index (κ1) is 16.1. The Morgan fingerprint density at radius 1 is 1.29 bits per heavy atom. The van der Waals surface area contributed by atoms with Gasteiger partial charge in [0.2, 0.25) is 10.0 Å². The first-order chi connectivity index (χ1) is 9.98. The van der Waals surface area contributed by atoms with E-state index in [0.29, 0.717) is 18.0 Å². The van der Waals surface area contributed by atoms with Gasteiger partial charge in [0.25, 0.3) is 0 Å². The maximum absolute atomic E-state index is 12.6. The second kappa shape index (κ2) is 6.67. The van der Waals surface area contributed by atoms with Crippen LogP contribution in [0.1, 0.15) is 0 Å². The molecule has 116 valence electrons. The second-order valence-corrected chi connectivity index (χ2v) is 7.67. The normalized spacial score (nSPS) is 20.0. The van der Waals surface area contributed by atoms with Crippen molar-refractivity contribution in [2.75, 3.05) is 33.1 Å². The lowest BCUT2D eigenvalue weighted by Crippen LogP contribution is -2.44. The van der Waals surface area contributed by atoms with Gasteiger partial charge >= 0.3 is 5.97 Å². The minimum Gasteiger partial charge on any atom is -0.497 e. The molecule has 21 heavy (non-hydrogen) atoms. The number of esters is 1. The molecule has 1 aromatic carbocycles. The van der Waals surface area contributed by atoms with E-state index in [1.807, 2.05) is 0 Å². The van der Waals surface area contributed by atoms with E-state index >= 15 is 0 Å². The molecule has 0 saturated carbocycles. The lowest BCUT2D eigenvalue weighted by atomic mass is 10.3. The standard InChI is InChI=1S/C13H17NO5S2/c1-18-10-3-5-11(6-4-10)21(16,17)14-7-8-20-12(9-14)13(15)19-2/h3-6,12H,7-9H2,1-2H3/t12-/m0/s1. The topological polar surface area (TPSA) is 72.9 Å². The monoisotopic (exact) mass is 331 g/mol. The molecule has 1 heterocycles. The molecule has 0 bridgehead atoms. The molecule has 0 radical (unpaired) electrons. The Balaban J connectivity index is 2.19. The molecule has 0 aliphatic carbocycles. The van der Waals surface area contributed by atoms with Crippen LogP contribution in [-0.2, 0) is 19.6 Å². The number of benzene rings is 1. The van der Waals surface area contributed by atoms with Crippen molar-refractivity contribution in [1.82, 2.24) is 4.31 Å². The number of hydrogen-bond acceptors (Lipinski definition) is 6. The minimum absolute atomic E-state index is 0.131. The van der Waals surface area contributed by atoms with Crippen LogP contribution in [0.2, 0.25) is 0 Å². The second-order valence-electron chi connectivity index (χ2n) is 4.42. The smallest absolute Gasteiger partial charge is 0.320 e. The predicted molar refractivity (Wildman–Crippen MR) is 80.0 cm³/mol. The Morgan fingerprint density at radius 3 is 2.52 bits per heavy atom. The zero-order valence-corrected chi connectivity index (χ0v) is 13.4. The largest absolute Gasteiger partial charge is 0.497 e. The van der Waals surface area contributed by atoms with Crippen LogP contribution in [0.15, 0.2) is 29.2 Å². The van der Waals surface area contributed by atoms with Crippen molar-refractivity contribution in [3.05, 3.63) is 24.3 Å². The van der Waals surface area contributed by atoms with Crippen molar-refractivity contribution in [3.8, 4) is 5.75 Å². The Morgan fingerprint density at radius 2 is 1.95 bits per heavy atom. The maximum atomic E-state index is 12.6. The maximum Gasteiger partial charge on any atom is 0.320 e. The number of sulfonamides is 1. The summed E-state index contributed by atoms with van der Waals surface area (Å²) < 4.78 is 36.2. The Labute approximate surface area is 128 Å². The van der Waals surface area contributed by atoms with E-state index < -0.39 is 21.2 Å². The average Bonchev–Trinajstić information content (AvgIpc) is 2.54. The van der Waals surface area contributed by atoms with Crippen LogP contribution in [0, 0.1) is 0 Å². The average molecular weight is 331 g/mol. The van der Waals surface area contributed by atoms with Gasteiger partial charge in [-0.3, -0.25) is 4.79 Å². The van der Waals surface area contributed by atoms with Gasteiger partial charge in [-0.1, -0.05) is 0 Å². The number of rotatable bonds is 4. The molecule has 0 spiro atoms. The molecule has 1 aromatic rings. The number of hydrogen-bond donors (Lipinski definition) is 0. The summed E-state index contributed by atoms with van der Waals surface area (Å²) in [6.07, 6.45) is 0. The molecule has 0 aromatic heterocycles. The molecule has 0 unspecified atom stereocenters. The van der Waals surface area contributed by atoms with Gasteiger partial charge in [0.15, 0.2) is 0 Å². The van der Waals surface area contributed by atoms with Crippen molar-refractivity contribution in [3.63, 3.8) is 0 Å². The van der Waals surface area contributed by atoms with E-state index in [-0.39, 0.29) is 11.4 Å². The number of thioether (sulfide) groups is 1. The van der Waals surface area contributed by atoms with E-state index in [0.717, 1.165) is 0 Å². The van der Waals surface area contributed by atoms with E-state index in [4.69, 9.17) is 4.74 Å². The molecule has 1 atom stereocenters. The SMILES string of the molecule is COC(=O)[C@@H]1CN(S(=O)(=O)c2ccc(OC)cc2)CCS1. The van der Waals surface area contributed by atoms with Gasteiger partial charge in [0.05, 0.1) is 19.1 Å². The van der Waals surface area contributed by atoms with E-state index in [1.54, 1.807) is 12.1 Å². The summed E-state index contributed by atoms with van der Waals surface area (Å²) in [6, 6.07) is 6.21. The highest BCUT2D eigenvalue weighted by Crippen LogP contribution is 2.26. The fourth-order valence-electron chi connectivity index (χ4n) is 2.01. The summed E-state index contributed by atoms with van der Waals surface area (Å²) in [5.41, 5.74) is 0. The van der Waals surface area contributed by atoms with Gasteiger partial charge in [-0.05, 0) is 24.3 Å². The minimum atomic E-state index is -3.61. The number of ether oxygens (including phenoxy) is 2. The van der Waals surface area contributed by atoms with Gasteiger partial charge in [0.1, 0.15) is 11.0 Å². The van der Waals surface area contributed by atoms with Crippen LogP contribution in [0.3, 0.4) is 0 Å². The van der Waals surface area contributed by atoms with Crippen molar-refractivity contribution in [1.29, 1.82) is 0 Å². The molecule has 6 nitrogen and oxygen atoms in total. The van der Waals surface area contributed by atoms with Gasteiger partial charge in [-0.25, -0.2) is 8.42 Å². The highest BCUT2D eigenvalue weighted by atomic mass is 32.2. The van der Waals surface area contributed by atoms with Crippen LogP contribution in [-0.4, -0.2) is 57.0 Å². The van der Waals surface area contributed by atoms with Gasteiger partial charge in [0, 0.05) is 18.8 Å². The molecule has 0 N–H and O–H groups in total. The third kappa shape index (κ3) is 3.50. The molecule has 1 saturated heterocycles. The zero-order valence-electron chi connectivity index (χ0n) is 11.8. The van der Waals surface area contributed by atoms with Crippen LogP contribution in [0.25, 0.3) is 0 Å². The zero-order chi connectivity index (χ0) is 15.5. The summed E-state index contributed by atoms with van der Waals surface area (Å²) in [6.45, 7) is 0.512. The van der Waals surface area contributed by atoms with Crippen molar-refractivity contribution in [2.45, 2.75) is 10.1 Å². The van der Waals surface area contributed by atoms with E-state index in [9.17, 15) is 13.2 Å². The first-order valence-corrected chi connectivity index (χ1v) is 8.81. The number of carbonyl (C=O) groups is 1. The van der Waals surface area contributed by atoms with Crippen molar-refractivity contribution >= 4 is 27.8 Å². The Hall–Kier alpha value is -1.25. The molecule has 1 aliphatic rings. The van der Waals surface area contributed by atoms with Crippen LogP contribution >= 0.6 is 11.8 Å². The Kier molecular flexibility index (Phi) is 5.13. The Bertz CT molecular complexity index is 599. The highest BCUT2D eigenvalue weighted by molar-refractivity contribution is 8.00. The van der Waals surface area contributed by atoms with Crippen molar-refractivity contribution < 1.29 is 22.7 Å². The van der Waals surface area contributed by atoms with Crippen LogP contribution < -0.4 is 4.74 Å². The molecule has 0 amide bonds. The van der Waals surface area contributed by atoms with Crippen LogP contribution in [0.5, 0.6) is 5.75 Å². The molecular formula is C13H17NO5S2. The van der Waals surface area contributed by atoms with Crippen molar-refractivity contribution in [2.24, 2.45) is 0 Å². The highest BCUT2D eigenvalue weighted by Gasteiger charge is 2.34. The summed E-state index contributed by atoms with van der Waals surface area (Å²) in [5, 5.41) is -0.475. The molecule has 2 rings (SSSR count). The van der Waals surface area contributed by atoms with Gasteiger partial charge in [-0.15, -0.1) is 11.8 Å².